The summed E-state index contributed by atoms with van der Waals surface area (Å²) in [6, 6.07) is 15.5. The molecule has 0 bridgehead atoms. The summed E-state index contributed by atoms with van der Waals surface area (Å²) in [6.07, 6.45) is 5.82. The number of hydrogen-bond acceptors (Lipinski definition) is 7. The van der Waals surface area contributed by atoms with Crippen LogP contribution >= 0.6 is 0 Å². The van der Waals surface area contributed by atoms with Crippen LogP contribution < -0.4 is 33.2 Å². The first kappa shape index (κ1) is 36.9. The summed E-state index contributed by atoms with van der Waals surface area (Å²) in [4.78, 5) is 54.4. The quantitative estimate of drug-likeness (QED) is 0.136. The lowest BCUT2D eigenvalue weighted by molar-refractivity contribution is -0.134. The third-order valence-electron chi connectivity index (χ3n) is 8.67. The Balaban J connectivity index is 1.76. The molecule has 0 aliphatic heterocycles. The first-order chi connectivity index (χ1) is 22.1. The Bertz CT molecular complexity index is 1230. The fourth-order valence-corrected chi connectivity index (χ4v) is 6.01. The average Bonchev–Trinajstić information content (AvgIpc) is 3.04. The molecule has 0 radical (unpaired) electrons. The number of nitrogens with two attached hydrogens (primary N) is 3. The minimum atomic E-state index is -0.965. The van der Waals surface area contributed by atoms with E-state index >= 15 is 0 Å². The minimum absolute atomic E-state index is 0.0218. The Morgan fingerprint density at radius 3 is 1.80 bits per heavy atom. The lowest BCUT2D eigenvalue weighted by Crippen LogP contribution is -2.58. The predicted molar refractivity (Wildman–Crippen MR) is 181 cm³/mol. The van der Waals surface area contributed by atoms with Crippen LogP contribution in [0, 0.1) is 11.8 Å². The lowest BCUT2D eigenvalue weighted by Gasteiger charge is -2.30. The normalized spacial score (nSPS) is 19.0. The summed E-state index contributed by atoms with van der Waals surface area (Å²) in [5, 5.41) is 8.73. The Hall–Kier alpha value is -3.60. The molecule has 0 spiro atoms. The Labute approximate surface area is 274 Å². The maximum absolute atomic E-state index is 13.8. The number of amides is 3. The molecular formula is C36H54N6O4. The molecule has 252 valence electrons. The molecule has 2 aromatic rings. The number of carbonyl (C=O) groups is 4. The zero-order valence-electron chi connectivity index (χ0n) is 27.5. The van der Waals surface area contributed by atoms with Crippen molar-refractivity contribution in [3.05, 3.63) is 71.8 Å². The summed E-state index contributed by atoms with van der Waals surface area (Å²) in [6.45, 7) is 4.43. The number of nitrogens with one attached hydrogen (secondary N) is 3. The van der Waals surface area contributed by atoms with Gasteiger partial charge in [-0.3, -0.25) is 19.2 Å². The van der Waals surface area contributed by atoms with Crippen molar-refractivity contribution in [2.45, 2.75) is 108 Å². The second-order valence-electron chi connectivity index (χ2n) is 13.1. The summed E-state index contributed by atoms with van der Waals surface area (Å²) in [5.74, 6) is -1.41. The number of Topliss-reactive ketones (excluding diaryl/α,β-unsaturated/α-hetero) is 1. The SMILES string of the molecule is CC(C)C[C@@H](NC(=O)[C@@H](Cc1ccccc1)NC(=O)[C@H](N)Cc1ccccc1)C(=O)N[C@H](CCCCN)C(=O)C1CCC(N)CC1. The van der Waals surface area contributed by atoms with Crippen LogP contribution in [0.1, 0.15) is 76.3 Å². The monoisotopic (exact) mass is 634 g/mol. The van der Waals surface area contributed by atoms with Gasteiger partial charge in [0.05, 0.1) is 12.1 Å². The maximum atomic E-state index is 13.8. The topological polar surface area (TPSA) is 182 Å². The third-order valence-corrected chi connectivity index (χ3v) is 8.67. The molecule has 1 aliphatic rings. The Kier molecular flexibility index (Phi) is 15.3. The number of carbonyl (C=O) groups excluding carboxylic acids is 4. The number of rotatable bonds is 18. The summed E-state index contributed by atoms with van der Waals surface area (Å²) in [5.41, 5.74) is 19.8. The van der Waals surface area contributed by atoms with Crippen molar-refractivity contribution >= 4 is 23.5 Å². The van der Waals surface area contributed by atoms with E-state index in [1.165, 1.54) is 0 Å². The molecule has 0 heterocycles. The van der Waals surface area contributed by atoms with Crippen molar-refractivity contribution in [1.29, 1.82) is 0 Å². The van der Waals surface area contributed by atoms with Crippen LogP contribution in [0.15, 0.2) is 60.7 Å². The van der Waals surface area contributed by atoms with Gasteiger partial charge in [-0.1, -0.05) is 74.5 Å². The Morgan fingerprint density at radius 1 is 0.717 bits per heavy atom. The molecule has 4 atom stereocenters. The van der Waals surface area contributed by atoms with Gasteiger partial charge in [0.1, 0.15) is 12.1 Å². The Morgan fingerprint density at radius 2 is 1.24 bits per heavy atom. The zero-order chi connectivity index (χ0) is 33.5. The van der Waals surface area contributed by atoms with E-state index in [1.54, 1.807) is 0 Å². The van der Waals surface area contributed by atoms with Crippen molar-refractivity contribution in [3.8, 4) is 0 Å². The van der Waals surface area contributed by atoms with Gasteiger partial charge in [0.2, 0.25) is 17.7 Å². The van der Waals surface area contributed by atoms with Gasteiger partial charge in [-0.25, -0.2) is 0 Å². The van der Waals surface area contributed by atoms with Crippen LogP contribution in [0.5, 0.6) is 0 Å². The lowest BCUT2D eigenvalue weighted by atomic mass is 9.81. The molecule has 3 rings (SSSR count). The van der Waals surface area contributed by atoms with Gasteiger partial charge in [-0.15, -0.1) is 0 Å². The fraction of sp³-hybridized carbons (Fsp3) is 0.556. The molecule has 46 heavy (non-hydrogen) atoms. The van der Waals surface area contributed by atoms with Crippen LogP contribution in [0.4, 0.5) is 0 Å². The van der Waals surface area contributed by atoms with Crippen LogP contribution in [-0.4, -0.2) is 60.3 Å². The van der Waals surface area contributed by atoms with Gasteiger partial charge < -0.3 is 33.2 Å². The van der Waals surface area contributed by atoms with Crippen molar-refractivity contribution in [3.63, 3.8) is 0 Å². The molecule has 10 heteroatoms. The smallest absolute Gasteiger partial charge is 0.243 e. The molecule has 0 saturated heterocycles. The molecule has 9 N–H and O–H groups in total. The second kappa shape index (κ2) is 19.2. The van der Waals surface area contributed by atoms with E-state index < -0.39 is 41.9 Å². The van der Waals surface area contributed by atoms with E-state index in [1.807, 2.05) is 74.5 Å². The van der Waals surface area contributed by atoms with E-state index in [0.29, 0.717) is 45.1 Å². The molecule has 1 aliphatic carbocycles. The van der Waals surface area contributed by atoms with Crippen molar-refractivity contribution < 1.29 is 19.2 Å². The molecular weight excluding hydrogens is 580 g/mol. The van der Waals surface area contributed by atoms with Gasteiger partial charge in [0, 0.05) is 18.4 Å². The van der Waals surface area contributed by atoms with Crippen molar-refractivity contribution in [1.82, 2.24) is 16.0 Å². The van der Waals surface area contributed by atoms with Crippen LogP contribution in [0.2, 0.25) is 0 Å². The first-order valence-corrected chi connectivity index (χ1v) is 16.8. The van der Waals surface area contributed by atoms with E-state index in [9.17, 15) is 19.2 Å². The molecule has 0 unspecified atom stereocenters. The van der Waals surface area contributed by atoms with Crippen molar-refractivity contribution in [2.24, 2.45) is 29.0 Å². The van der Waals surface area contributed by atoms with Crippen LogP contribution in [0.3, 0.4) is 0 Å². The van der Waals surface area contributed by atoms with Gasteiger partial charge in [0.25, 0.3) is 0 Å². The molecule has 1 fully saturated rings. The number of ketones is 1. The minimum Gasteiger partial charge on any atom is -0.344 e. The maximum Gasteiger partial charge on any atom is 0.243 e. The van der Waals surface area contributed by atoms with Gasteiger partial charge >= 0.3 is 0 Å². The van der Waals surface area contributed by atoms with E-state index in [0.717, 1.165) is 30.4 Å². The molecule has 1 saturated carbocycles. The van der Waals surface area contributed by atoms with Gasteiger partial charge in [-0.05, 0) is 81.4 Å². The summed E-state index contributed by atoms with van der Waals surface area (Å²) < 4.78 is 0. The number of benzene rings is 2. The highest BCUT2D eigenvalue weighted by Crippen LogP contribution is 2.26. The summed E-state index contributed by atoms with van der Waals surface area (Å²) >= 11 is 0. The van der Waals surface area contributed by atoms with E-state index in [-0.39, 0.29) is 30.1 Å². The predicted octanol–water partition coefficient (Wildman–Crippen LogP) is 2.52. The van der Waals surface area contributed by atoms with Gasteiger partial charge in [-0.2, -0.15) is 0 Å². The highest BCUT2D eigenvalue weighted by atomic mass is 16.2. The standard InChI is InChI=1S/C36H54N6O4/c1-24(2)21-31(35(45)40-30(15-9-10-20-37)33(43)27-16-18-28(38)19-17-27)42-36(46)32(23-26-13-7-4-8-14-26)41-34(44)29(39)22-25-11-5-3-6-12-25/h3-8,11-14,24,27-32H,9-10,15-23,37-39H2,1-2H3,(H,40,45)(H,41,44)(H,42,46)/t27?,28?,29-,30-,31-,32-/m1/s1. The molecule has 2 aromatic carbocycles. The highest BCUT2D eigenvalue weighted by molar-refractivity contribution is 5.95. The highest BCUT2D eigenvalue weighted by Gasteiger charge is 2.34. The molecule has 10 nitrogen and oxygen atoms in total. The zero-order valence-corrected chi connectivity index (χ0v) is 27.5. The first-order valence-electron chi connectivity index (χ1n) is 16.8. The fourth-order valence-electron chi connectivity index (χ4n) is 6.01. The van der Waals surface area contributed by atoms with E-state index in [2.05, 4.69) is 16.0 Å². The van der Waals surface area contributed by atoms with Gasteiger partial charge in [0.15, 0.2) is 5.78 Å². The third kappa shape index (κ3) is 12.3. The number of hydrogen-bond donors (Lipinski definition) is 6. The van der Waals surface area contributed by atoms with E-state index in [4.69, 9.17) is 17.2 Å². The molecule has 0 aromatic heterocycles. The average molecular weight is 635 g/mol. The second-order valence-corrected chi connectivity index (χ2v) is 13.1. The van der Waals surface area contributed by atoms with Crippen LogP contribution in [0.25, 0.3) is 0 Å². The number of unbranched alkanes of at least 4 members (excludes halogenated alkanes) is 1. The van der Waals surface area contributed by atoms with Crippen molar-refractivity contribution in [2.75, 3.05) is 6.54 Å². The van der Waals surface area contributed by atoms with Crippen LogP contribution in [-0.2, 0) is 32.0 Å². The molecule has 3 amide bonds. The largest absolute Gasteiger partial charge is 0.344 e. The summed E-state index contributed by atoms with van der Waals surface area (Å²) in [7, 11) is 0.